The molecule has 1 heterocycles. The lowest BCUT2D eigenvalue weighted by Gasteiger charge is -2.36. The third-order valence-electron chi connectivity index (χ3n) is 9.46. The first-order chi connectivity index (χ1) is 22.2. The number of nitrogens with one attached hydrogen (secondary N) is 1. The molecule has 46 heavy (non-hydrogen) atoms. The molecule has 8 nitrogen and oxygen atoms in total. The van der Waals surface area contributed by atoms with Crippen LogP contribution in [0.2, 0.25) is 0 Å². The van der Waals surface area contributed by atoms with E-state index in [2.05, 4.69) is 29.6 Å². The van der Waals surface area contributed by atoms with Crippen molar-refractivity contribution in [3.63, 3.8) is 0 Å². The lowest BCUT2D eigenvalue weighted by Crippen LogP contribution is -2.57. The van der Waals surface area contributed by atoms with Crippen LogP contribution in [-0.2, 0) is 20.7 Å². The molecule has 0 bridgehead atoms. The van der Waals surface area contributed by atoms with E-state index in [1.165, 1.54) is 4.90 Å². The number of likely N-dealkylation sites (tertiary alicyclic amines) is 1. The summed E-state index contributed by atoms with van der Waals surface area (Å²) in [6, 6.07) is 24.0. The fourth-order valence-corrected chi connectivity index (χ4v) is 7.03. The maximum atomic E-state index is 14.2. The van der Waals surface area contributed by atoms with Crippen LogP contribution in [0.25, 0.3) is 11.1 Å². The number of nitrogens with zero attached hydrogens (tertiary/aromatic N) is 2. The lowest BCUT2D eigenvalue weighted by atomic mass is 9.98. The summed E-state index contributed by atoms with van der Waals surface area (Å²) in [6.07, 6.45) is 1.53. The lowest BCUT2D eigenvalue weighted by molar-refractivity contribution is -0.147. The summed E-state index contributed by atoms with van der Waals surface area (Å²) < 4.78 is 5.80. The number of carbonyl (C=O) groups excluding carboxylic acids is 3. The van der Waals surface area contributed by atoms with Crippen molar-refractivity contribution >= 4 is 17.9 Å². The second kappa shape index (κ2) is 14.9. The molecule has 1 aliphatic heterocycles. The van der Waals surface area contributed by atoms with Crippen molar-refractivity contribution in [1.82, 2.24) is 15.1 Å². The van der Waals surface area contributed by atoms with E-state index in [1.54, 1.807) is 11.9 Å². The second-order valence-corrected chi connectivity index (χ2v) is 13.0. The number of fused-ring (bicyclic) bond motifs is 3. The van der Waals surface area contributed by atoms with Gasteiger partial charge in [0, 0.05) is 25.9 Å². The zero-order valence-corrected chi connectivity index (χ0v) is 27.4. The average Bonchev–Trinajstić information content (AvgIpc) is 3.68. The number of likely N-dealkylation sites (N-methyl/N-ethyl adjacent to an activating group) is 1. The highest BCUT2D eigenvalue weighted by Gasteiger charge is 2.40. The quantitative estimate of drug-likeness (QED) is 0.266. The fourth-order valence-electron chi connectivity index (χ4n) is 7.03. The van der Waals surface area contributed by atoms with Crippen LogP contribution in [0.4, 0.5) is 4.79 Å². The van der Waals surface area contributed by atoms with Gasteiger partial charge in [0.05, 0.1) is 12.1 Å². The number of aliphatic hydroxyl groups is 1. The van der Waals surface area contributed by atoms with Crippen LogP contribution in [0, 0.1) is 5.92 Å². The van der Waals surface area contributed by atoms with E-state index in [9.17, 15) is 19.5 Å². The molecule has 244 valence electrons. The van der Waals surface area contributed by atoms with Crippen molar-refractivity contribution in [3.05, 3.63) is 95.6 Å². The van der Waals surface area contributed by atoms with Gasteiger partial charge in [-0.05, 0) is 59.4 Å². The highest BCUT2D eigenvalue weighted by Crippen LogP contribution is 2.44. The minimum atomic E-state index is -0.873. The van der Waals surface area contributed by atoms with Crippen LogP contribution in [0.5, 0.6) is 0 Å². The summed E-state index contributed by atoms with van der Waals surface area (Å²) >= 11 is 0. The molecule has 1 fully saturated rings. The zero-order valence-electron chi connectivity index (χ0n) is 27.4. The maximum Gasteiger partial charge on any atom is 0.407 e. The summed E-state index contributed by atoms with van der Waals surface area (Å²) in [6.45, 7) is 6.58. The van der Waals surface area contributed by atoms with Gasteiger partial charge in [-0.1, -0.05) is 99.6 Å². The highest BCUT2D eigenvalue weighted by atomic mass is 16.5. The fraction of sp³-hybridized carbons (Fsp3) is 0.447. The summed E-state index contributed by atoms with van der Waals surface area (Å²) in [5.74, 6) is -0.524. The van der Waals surface area contributed by atoms with Gasteiger partial charge in [0.25, 0.3) is 0 Å². The number of rotatable bonds is 12. The number of hydrogen-bond donors (Lipinski definition) is 2. The minimum Gasteiger partial charge on any atom is -0.449 e. The molecule has 1 aliphatic carbocycles. The van der Waals surface area contributed by atoms with Crippen LogP contribution in [0.1, 0.15) is 69.1 Å². The molecular weight excluding hydrogens is 578 g/mol. The molecule has 3 amide bonds. The topological polar surface area (TPSA) is 99.2 Å². The Morgan fingerprint density at radius 1 is 0.957 bits per heavy atom. The Hall–Kier alpha value is -4.17. The Bertz CT molecular complexity index is 1460. The zero-order chi connectivity index (χ0) is 32.8. The van der Waals surface area contributed by atoms with Crippen molar-refractivity contribution in [2.24, 2.45) is 5.92 Å². The predicted molar refractivity (Wildman–Crippen MR) is 179 cm³/mol. The molecular formula is C38H47N3O5. The number of carbonyl (C=O) groups is 3. The summed E-state index contributed by atoms with van der Waals surface area (Å²) in [5.41, 5.74) is 5.44. The molecule has 4 atom stereocenters. The van der Waals surface area contributed by atoms with Gasteiger partial charge in [-0.3, -0.25) is 9.59 Å². The van der Waals surface area contributed by atoms with E-state index in [1.807, 2.05) is 75.4 Å². The number of amides is 3. The summed E-state index contributed by atoms with van der Waals surface area (Å²) in [7, 11) is 1.64. The van der Waals surface area contributed by atoms with Gasteiger partial charge >= 0.3 is 6.09 Å². The number of aliphatic hydroxyl groups excluding tert-OH is 1. The van der Waals surface area contributed by atoms with Gasteiger partial charge in [0.2, 0.25) is 11.8 Å². The molecule has 5 rings (SSSR count). The van der Waals surface area contributed by atoms with Gasteiger partial charge in [0.15, 0.2) is 0 Å². The Kier molecular flexibility index (Phi) is 10.8. The number of alkyl carbamates (subject to hydrolysis) is 1. The first-order valence-corrected chi connectivity index (χ1v) is 16.6. The van der Waals surface area contributed by atoms with Gasteiger partial charge in [-0.25, -0.2) is 4.79 Å². The van der Waals surface area contributed by atoms with Crippen LogP contribution in [0.3, 0.4) is 0 Å². The largest absolute Gasteiger partial charge is 0.449 e. The molecule has 0 radical (unpaired) electrons. The van der Waals surface area contributed by atoms with E-state index in [0.29, 0.717) is 25.8 Å². The smallest absolute Gasteiger partial charge is 0.407 e. The molecule has 3 aromatic carbocycles. The molecule has 2 aliphatic rings. The van der Waals surface area contributed by atoms with Gasteiger partial charge < -0.3 is 25.0 Å². The van der Waals surface area contributed by atoms with Crippen LogP contribution < -0.4 is 5.32 Å². The molecule has 0 saturated carbocycles. The Labute approximate surface area is 272 Å². The van der Waals surface area contributed by atoms with Crippen molar-refractivity contribution in [2.45, 2.75) is 83.0 Å². The van der Waals surface area contributed by atoms with Crippen molar-refractivity contribution < 1.29 is 24.2 Å². The highest BCUT2D eigenvalue weighted by molar-refractivity contribution is 5.91. The van der Waals surface area contributed by atoms with Crippen molar-refractivity contribution in [2.75, 3.05) is 20.2 Å². The Morgan fingerprint density at radius 2 is 1.57 bits per heavy atom. The van der Waals surface area contributed by atoms with Crippen molar-refractivity contribution in [1.29, 1.82) is 0 Å². The Morgan fingerprint density at radius 3 is 2.17 bits per heavy atom. The van der Waals surface area contributed by atoms with Crippen molar-refractivity contribution in [3.8, 4) is 11.1 Å². The Balaban J connectivity index is 1.32. The summed E-state index contributed by atoms with van der Waals surface area (Å²) in [5, 5.41) is 13.5. The van der Waals surface area contributed by atoms with Gasteiger partial charge in [-0.2, -0.15) is 0 Å². The molecule has 1 unspecified atom stereocenters. The van der Waals surface area contributed by atoms with E-state index >= 15 is 0 Å². The summed E-state index contributed by atoms with van der Waals surface area (Å²) in [4.78, 5) is 44.8. The minimum absolute atomic E-state index is 0.0974. The molecule has 8 heteroatoms. The van der Waals surface area contributed by atoms with E-state index in [0.717, 1.165) is 40.7 Å². The number of ether oxygens (including phenoxy) is 1. The normalized spacial score (nSPS) is 17.6. The SMILES string of the molecule is CCC(O)[C@@H]1CCCN1C(=O)[C@H](Cc1ccccc1)N(C)C(=O)[C@@H](CC(C)C)NC(=O)OCC1c2ccccc2-c2ccccc21. The monoisotopic (exact) mass is 625 g/mol. The molecule has 3 aromatic rings. The molecule has 0 spiro atoms. The predicted octanol–water partition coefficient (Wildman–Crippen LogP) is 5.77. The molecule has 0 aromatic heterocycles. The molecule has 2 N–H and O–H groups in total. The van der Waals surface area contributed by atoms with E-state index in [4.69, 9.17) is 4.74 Å². The van der Waals surface area contributed by atoms with Crippen LogP contribution in [-0.4, -0.2) is 77.2 Å². The van der Waals surface area contributed by atoms with Crippen LogP contribution >= 0.6 is 0 Å². The first kappa shape index (κ1) is 33.2. The second-order valence-electron chi connectivity index (χ2n) is 13.0. The molecule has 1 saturated heterocycles. The third-order valence-corrected chi connectivity index (χ3v) is 9.46. The maximum absolute atomic E-state index is 14.2. The van der Waals surface area contributed by atoms with Crippen LogP contribution in [0.15, 0.2) is 78.9 Å². The first-order valence-electron chi connectivity index (χ1n) is 16.6. The van der Waals surface area contributed by atoms with Gasteiger partial charge in [0.1, 0.15) is 18.7 Å². The van der Waals surface area contributed by atoms with E-state index in [-0.39, 0.29) is 36.3 Å². The number of benzene rings is 3. The number of hydrogen-bond acceptors (Lipinski definition) is 5. The average molecular weight is 626 g/mol. The standard InChI is InChI=1S/C38H47N3O5/c1-5-35(42)33-20-13-21-41(33)37(44)34(23-26-14-7-6-8-15-26)40(4)36(43)32(22-25(2)3)39-38(45)46-24-31-29-18-11-9-16-27(29)28-17-10-12-19-30(28)31/h6-12,14-19,25,31-35,42H,5,13,20-24H2,1-4H3,(H,39,45)/t32-,33+,34+,35?/m1/s1. The third kappa shape index (κ3) is 7.28. The van der Waals surface area contributed by atoms with E-state index < -0.39 is 24.3 Å². The van der Waals surface area contributed by atoms with Gasteiger partial charge in [-0.15, -0.1) is 0 Å².